The third-order valence-corrected chi connectivity index (χ3v) is 7.14. The van der Waals surface area contributed by atoms with Crippen LogP contribution in [-0.2, 0) is 6.04 Å². The maximum Gasteiger partial charge on any atom is 0.0672 e. The Morgan fingerprint density at radius 1 is 0.952 bits per heavy atom. The molecule has 1 aromatic carbocycles. The Hall–Kier alpha value is -0.643. The molecule has 1 fully saturated rings. The summed E-state index contributed by atoms with van der Waals surface area (Å²) in [6.45, 7) is 13.8. The molecule has 0 amide bonds. The van der Waals surface area contributed by atoms with Gasteiger partial charge in [-0.05, 0) is 25.2 Å². The Morgan fingerprint density at radius 3 is 2.19 bits per heavy atom. The van der Waals surface area contributed by atoms with E-state index in [2.05, 4.69) is 60.1 Å². The molecule has 1 aliphatic rings. The first-order valence-electron chi connectivity index (χ1n) is 8.58. The van der Waals surface area contributed by atoms with Crippen LogP contribution in [-0.4, -0.2) is 56.8 Å². The van der Waals surface area contributed by atoms with E-state index in [1.807, 2.05) is 0 Å². The first kappa shape index (κ1) is 16.7. The van der Waals surface area contributed by atoms with Crippen LogP contribution < -0.4 is 0 Å². The molecule has 118 valence electrons. The summed E-state index contributed by atoms with van der Waals surface area (Å²) in [6.07, 6.45) is 4.02. The summed E-state index contributed by atoms with van der Waals surface area (Å²) >= 11 is 0. The van der Waals surface area contributed by atoms with Crippen LogP contribution in [0.3, 0.4) is 0 Å². The highest BCUT2D eigenvalue weighted by atomic mass is 28.3. The molecule has 0 unspecified atom stereocenters. The highest BCUT2D eigenvalue weighted by Gasteiger charge is 2.26. The second-order valence-electron chi connectivity index (χ2n) is 7.30. The predicted octanol–water partition coefficient (Wildman–Crippen LogP) is 3.43. The molecule has 21 heavy (non-hydrogen) atoms. The predicted molar refractivity (Wildman–Crippen MR) is 95.4 cm³/mol. The first-order chi connectivity index (χ1) is 10.1. The van der Waals surface area contributed by atoms with E-state index >= 15 is 0 Å². The second kappa shape index (κ2) is 8.11. The smallest absolute Gasteiger partial charge is 0.0672 e. The van der Waals surface area contributed by atoms with Gasteiger partial charge in [0.1, 0.15) is 0 Å². The summed E-state index contributed by atoms with van der Waals surface area (Å²) in [7, 11) is -1.17. The van der Waals surface area contributed by atoms with E-state index in [0.29, 0.717) is 0 Å². The van der Waals surface area contributed by atoms with Gasteiger partial charge >= 0.3 is 0 Å². The van der Waals surface area contributed by atoms with E-state index in [0.717, 1.165) is 0 Å². The lowest BCUT2D eigenvalue weighted by Gasteiger charge is -2.38. The molecule has 2 nitrogen and oxygen atoms in total. The molecule has 1 heterocycles. The number of benzene rings is 1. The van der Waals surface area contributed by atoms with E-state index in [4.69, 9.17) is 0 Å². The normalized spacial score (nSPS) is 18.0. The molecule has 0 aliphatic carbocycles. The number of hydrogen-bond acceptors (Lipinski definition) is 2. The van der Waals surface area contributed by atoms with Crippen molar-refractivity contribution in [2.24, 2.45) is 0 Å². The van der Waals surface area contributed by atoms with Crippen LogP contribution in [0.2, 0.25) is 13.1 Å². The van der Waals surface area contributed by atoms with Crippen LogP contribution in [0.15, 0.2) is 30.3 Å². The summed E-state index contributed by atoms with van der Waals surface area (Å²) in [5.74, 6) is 0. The van der Waals surface area contributed by atoms with Crippen molar-refractivity contribution in [3.8, 4) is 0 Å². The number of nitrogens with zero attached hydrogens (tertiary/aromatic N) is 2. The molecule has 0 bridgehead atoms. The standard InChI is InChI=1S/C18H32N2Si/c1-4-5-11-19-12-14-20(15-13-19)17-21(2,3)16-18-9-7-6-8-10-18/h6-10H,4-5,11-17H2,1-3H3. The average Bonchev–Trinajstić information content (AvgIpc) is 2.47. The molecule has 2 rings (SSSR count). The minimum atomic E-state index is -1.17. The van der Waals surface area contributed by atoms with E-state index < -0.39 is 8.07 Å². The van der Waals surface area contributed by atoms with Crippen LogP contribution in [0.1, 0.15) is 25.3 Å². The van der Waals surface area contributed by atoms with Crippen LogP contribution >= 0.6 is 0 Å². The quantitative estimate of drug-likeness (QED) is 0.712. The lowest BCUT2D eigenvalue weighted by atomic mass is 10.2. The Bertz CT molecular complexity index is 397. The fraction of sp³-hybridized carbons (Fsp3) is 0.667. The second-order valence-corrected chi connectivity index (χ2v) is 12.3. The zero-order valence-corrected chi connectivity index (χ0v) is 15.1. The Morgan fingerprint density at radius 2 is 1.57 bits per heavy atom. The lowest BCUT2D eigenvalue weighted by molar-refractivity contribution is 0.144. The molecule has 0 aromatic heterocycles. The maximum absolute atomic E-state index is 2.72. The summed E-state index contributed by atoms with van der Waals surface area (Å²) in [5.41, 5.74) is 1.52. The van der Waals surface area contributed by atoms with Crippen LogP contribution in [0.25, 0.3) is 0 Å². The van der Waals surface area contributed by atoms with Crippen LogP contribution in [0, 0.1) is 0 Å². The third-order valence-electron chi connectivity index (χ3n) is 4.47. The molecule has 0 saturated carbocycles. The van der Waals surface area contributed by atoms with Crippen LogP contribution in [0.5, 0.6) is 0 Å². The lowest BCUT2D eigenvalue weighted by Crippen LogP contribution is -2.52. The SMILES string of the molecule is CCCCN1CCN(C[Si](C)(C)Cc2ccccc2)CC1. The minimum Gasteiger partial charge on any atom is -0.304 e. The molecular formula is C18H32N2Si. The number of hydrogen-bond donors (Lipinski definition) is 0. The van der Waals surface area contributed by atoms with Gasteiger partial charge in [-0.2, -0.15) is 0 Å². The Labute approximate surface area is 132 Å². The van der Waals surface area contributed by atoms with Gasteiger partial charge in [0, 0.05) is 26.2 Å². The summed E-state index contributed by atoms with van der Waals surface area (Å²) in [4.78, 5) is 5.36. The molecule has 3 heteroatoms. The van der Waals surface area contributed by atoms with Gasteiger partial charge in [-0.3, -0.25) is 0 Å². The van der Waals surface area contributed by atoms with E-state index in [9.17, 15) is 0 Å². The monoisotopic (exact) mass is 304 g/mol. The number of piperazine rings is 1. The maximum atomic E-state index is 2.72. The molecule has 1 aliphatic heterocycles. The summed E-state index contributed by atoms with van der Waals surface area (Å²) < 4.78 is 0. The van der Waals surface area contributed by atoms with Crippen molar-refractivity contribution in [1.29, 1.82) is 0 Å². The molecule has 1 aromatic rings. The Kier molecular flexibility index (Phi) is 6.46. The van der Waals surface area contributed by atoms with Crippen molar-refractivity contribution in [2.45, 2.75) is 38.9 Å². The van der Waals surface area contributed by atoms with Gasteiger partial charge < -0.3 is 9.80 Å². The van der Waals surface area contributed by atoms with Gasteiger partial charge in [-0.1, -0.05) is 62.3 Å². The third kappa shape index (κ3) is 5.93. The van der Waals surface area contributed by atoms with Crippen molar-refractivity contribution in [3.63, 3.8) is 0 Å². The Balaban J connectivity index is 1.76. The highest BCUT2D eigenvalue weighted by Crippen LogP contribution is 2.15. The molecular weight excluding hydrogens is 272 g/mol. The van der Waals surface area contributed by atoms with Crippen molar-refractivity contribution < 1.29 is 0 Å². The summed E-state index contributed by atoms with van der Waals surface area (Å²) in [5, 5.41) is 0. The van der Waals surface area contributed by atoms with Crippen molar-refractivity contribution in [2.75, 3.05) is 38.9 Å². The largest absolute Gasteiger partial charge is 0.304 e. The van der Waals surface area contributed by atoms with E-state index in [1.54, 1.807) is 0 Å². The fourth-order valence-electron chi connectivity index (χ4n) is 3.36. The zero-order valence-electron chi connectivity index (χ0n) is 14.1. The van der Waals surface area contributed by atoms with Gasteiger partial charge in [-0.25, -0.2) is 0 Å². The van der Waals surface area contributed by atoms with Gasteiger partial charge in [0.15, 0.2) is 0 Å². The molecule has 0 N–H and O–H groups in total. The molecule has 0 radical (unpaired) electrons. The van der Waals surface area contributed by atoms with Gasteiger partial charge in [0.05, 0.1) is 8.07 Å². The van der Waals surface area contributed by atoms with Crippen molar-refractivity contribution in [1.82, 2.24) is 9.80 Å². The van der Waals surface area contributed by atoms with Gasteiger partial charge in [0.2, 0.25) is 0 Å². The molecule has 0 atom stereocenters. The zero-order chi connectivity index (χ0) is 15.1. The van der Waals surface area contributed by atoms with E-state index in [-0.39, 0.29) is 0 Å². The average molecular weight is 305 g/mol. The van der Waals surface area contributed by atoms with Gasteiger partial charge in [0.25, 0.3) is 0 Å². The first-order valence-corrected chi connectivity index (χ1v) is 12.0. The fourth-order valence-corrected chi connectivity index (χ4v) is 6.34. The van der Waals surface area contributed by atoms with Gasteiger partial charge in [-0.15, -0.1) is 0 Å². The minimum absolute atomic E-state index is 1.17. The highest BCUT2D eigenvalue weighted by molar-refractivity contribution is 6.77. The number of rotatable bonds is 7. The topological polar surface area (TPSA) is 6.48 Å². The molecule has 0 spiro atoms. The van der Waals surface area contributed by atoms with Crippen LogP contribution in [0.4, 0.5) is 0 Å². The van der Waals surface area contributed by atoms with Crippen molar-refractivity contribution in [3.05, 3.63) is 35.9 Å². The molecule has 1 saturated heterocycles. The number of unbranched alkanes of at least 4 members (excludes halogenated alkanes) is 1. The van der Waals surface area contributed by atoms with Crippen molar-refractivity contribution >= 4 is 8.07 Å². The van der Waals surface area contributed by atoms with E-state index in [1.165, 1.54) is 63.3 Å². The summed E-state index contributed by atoms with van der Waals surface area (Å²) in [6, 6.07) is 12.4.